The molecule has 7 heteroatoms. The quantitative estimate of drug-likeness (QED) is 0.547. The summed E-state index contributed by atoms with van der Waals surface area (Å²) in [5.41, 5.74) is -0.535. The first-order valence-corrected chi connectivity index (χ1v) is 13.3. The summed E-state index contributed by atoms with van der Waals surface area (Å²) in [7, 11) is 0. The molecule has 1 aromatic carbocycles. The normalized spacial score (nSPS) is 33.5. The Kier molecular flexibility index (Phi) is 6.38. The summed E-state index contributed by atoms with van der Waals surface area (Å²) in [4.78, 5) is 42.1. The predicted molar refractivity (Wildman–Crippen MR) is 127 cm³/mol. The van der Waals surface area contributed by atoms with Crippen LogP contribution in [0.1, 0.15) is 82.2 Å². The summed E-state index contributed by atoms with van der Waals surface area (Å²) in [6.07, 6.45) is 10.6. The predicted octanol–water partition coefficient (Wildman–Crippen LogP) is 4.82. The van der Waals surface area contributed by atoms with Gasteiger partial charge in [-0.15, -0.1) is 0 Å². The zero-order chi connectivity index (χ0) is 23.2. The van der Waals surface area contributed by atoms with E-state index in [4.69, 9.17) is 0 Å². The molecule has 1 aromatic rings. The van der Waals surface area contributed by atoms with E-state index in [9.17, 15) is 19.5 Å². The maximum absolute atomic E-state index is 13.9. The van der Waals surface area contributed by atoms with Gasteiger partial charge in [-0.25, -0.2) is 0 Å². The average Bonchev–Trinajstić information content (AvgIpc) is 3.30. The molecule has 2 aliphatic heterocycles. The zero-order valence-electron chi connectivity index (χ0n) is 19.0. The SMILES string of the molecule is O=C1C2C(c3ccc(Br)cc3)NC(CC3CCCCC3)(C(=O)O)C2C(=O)N1C1CCCCC1. The van der Waals surface area contributed by atoms with E-state index >= 15 is 0 Å². The Labute approximate surface area is 203 Å². The molecule has 5 rings (SSSR count). The van der Waals surface area contributed by atoms with Crippen LogP contribution in [0.3, 0.4) is 0 Å². The van der Waals surface area contributed by atoms with Gasteiger partial charge in [0.1, 0.15) is 5.54 Å². The van der Waals surface area contributed by atoms with Gasteiger partial charge in [0, 0.05) is 16.6 Å². The summed E-state index contributed by atoms with van der Waals surface area (Å²) >= 11 is 3.46. The molecule has 2 amide bonds. The molecule has 0 spiro atoms. The first kappa shape index (κ1) is 23.0. The van der Waals surface area contributed by atoms with Gasteiger partial charge in [0.05, 0.1) is 11.8 Å². The van der Waals surface area contributed by atoms with E-state index in [-0.39, 0.29) is 23.8 Å². The van der Waals surface area contributed by atoms with Gasteiger partial charge in [-0.3, -0.25) is 24.6 Å². The Morgan fingerprint density at radius 2 is 1.58 bits per heavy atom. The zero-order valence-corrected chi connectivity index (χ0v) is 20.6. The minimum absolute atomic E-state index is 0.0870. The molecule has 33 heavy (non-hydrogen) atoms. The van der Waals surface area contributed by atoms with Crippen molar-refractivity contribution < 1.29 is 19.5 Å². The van der Waals surface area contributed by atoms with Crippen LogP contribution in [0.4, 0.5) is 0 Å². The van der Waals surface area contributed by atoms with E-state index in [0.717, 1.165) is 67.8 Å². The second-order valence-corrected chi connectivity index (χ2v) is 11.4. The van der Waals surface area contributed by atoms with Crippen LogP contribution in [-0.4, -0.2) is 39.4 Å². The first-order valence-electron chi connectivity index (χ1n) is 12.6. The average molecular weight is 517 g/mol. The molecule has 0 radical (unpaired) electrons. The van der Waals surface area contributed by atoms with Gasteiger partial charge in [-0.2, -0.15) is 0 Å². The number of benzene rings is 1. The van der Waals surface area contributed by atoms with Crippen molar-refractivity contribution in [1.82, 2.24) is 10.2 Å². The van der Waals surface area contributed by atoms with E-state index in [1.54, 1.807) is 0 Å². The highest BCUT2D eigenvalue weighted by atomic mass is 79.9. The molecular weight excluding hydrogens is 484 g/mol. The molecule has 2 N–H and O–H groups in total. The number of carbonyl (C=O) groups excluding carboxylic acids is 2. The Balaban J connectivity index is 1.56. The van der Waals surface area contributed by atoms with Crippen molar-refractivity contribution >= 4 is 33.7 Å². The van der Waals surface area contributed by atoms with Crippen molar-refractivity contribution in [3.05, 3.63) is 34.3 Å². The molecular formula is C26H33BrN2O4. The number of rotatable bonds is 5. The highest BCUT2D eigenvalue weighted by Crippen LogP contribution is 2.53. The minimum atomic E-state index is -1.40. The van der Waals surface area contributed by atoms with Crippen LogP contribution >= 0.6 is 15.9 Å². The van der Waals surface area contributed by atoms with Crippen LogP contribution in [-0.2, 0) is 14.4 Å². The molecule has 4 fully saturated rings. The lowest BCUT2D eigenvalue weighted by Crippen LogP contribution is -2.57. The fraction of sp³-hybridized carbons (Fsp3) is 0.654. The molecule has 6 nitrogen and oxygen atoms in total. The lowest BCUT2D eigenvalue weighted by molar-refractivity contribution is -0.153. The van der Waals surface area contributed by atoms with E-state index in [0.29, 0.717) is 6.42 Å². The molecule has 2 heterocycles. The van der Waals surface area contributed by atoms with Crippen LogP contribution in [0.5, 0.6) is 0 Å². The molecule has 4 unspecified atom stereocenters. The number of fused-ring (bicyclic) bond motifs is 1. The number of amides is 2. The van der Waals surface area contributed by atoms with Gasteiger partial charge >= 0.3 is 5.97 Å². The van der Waals surface area contributed by atoms with Crippen LogP contribution in [0.15, 0.2) is 28.7 Å². The number of carboxylic acid groups (broad SMARTS) is 1. The van der Waals surface area contributed by atoms with Crippen molar-refractivity contribution in [3.8, 4) is 0 Å². The number of hydrogen-bond acceptors (Lipinski definition) is 4. The second-order valence-electron chi connectivity index (χ2n) is 10.5. The van der Waals surface area contributed by atoms with Crippen molar-refractivity contribution in [2.45, 2.75) is 88.3 Å². The monoisotopic (exact) mass is 516 g/mol. The molecule has 2 saturated heterocycles. The van der Waals surface area contributed by atoms with Gasteiger partial charge in [-0.05, 0) is 42.9 Å². The van der Waals surface area contributed by atoms with E-state index in [1.807, 2.05) is 24.3 Å². The standard InChI is InChI=1S/C26H33BrN2O4/c27-18-13-11-17(12-14-18)22-20-21(24(31)29(23(20)30)19-9-5-2-6-10-19)26(28-22,25(32)33)15-16-7-3-1-4-8-16/h11-14,16,19-22,28H,1-10,15H2,(H,32,33). The number of carboxylic acids is 1. The Bertz CT molecular complexity index is 923. The van der Waals surface area contributed by atoms with Crippen molar-refractivity contribution in [2.75, 3.05) is 0 Å². The molecule has 0 aromatic heterocycles. The Hall–Kier alpha value is -1.73. The molecule has 4 atom stereocenters. The summed E-state index contributed by atoms with van der Waals surface area (Å²) in [6, 6.07) is 7.11. The first-order chi connectivity index (χ1) is 15.9. The van der Waals surface area contributed by atoms with Gasteiger partial charge in [0.2, 0.25) is 11.8 Å². The molecule has 2 saturated carbocycles. The van der Waals surface area contributed by atoms with Gasteiger partial charge in [0.25, 0.3) is 0 Å². The van der Waals surface area contributed by atoms with Crippen LogP contribution in [0.2, 0.25) is 0 Å². The summed E-state index contributed by atoms with van der Waals surface area (Å²) < 4.78 is 0.921. The number of aliphatic carboxylic acids is 1. The van der Waals surface area contributed by atoms with Gasteiger partial charge < -0.3 is 5.11 Å². The van der Waals surface area contributed by atoms with Crippen LogP contribution < -0.4 is 5.32 Å². The number of nitrogens with one attached hydrogen (secondary N) is 1. The third-order valence-corrected chi connectivity index (χ3v) is 9.10. The number of carbonyl (C=O) groups is 3. The number of hydrogen-bond donors (Lipinski definition) is 2. The van der Waals surface area contributed by atoms with Crippen molar-refractivity contribution in [3.63, 3.8) is 0 Å². The second kappa shape index (κ2) is 9.14. The lowest BCUT2D eigenvalue weighted by Gasteiger charge is -2.37. The Morgan fingerprint density at radius 3 is 2.18 bits per heavy atom. The maximum atomic E-state index is 13.9. The number of nitrogens with zero attached hydrogens (tertiary/aromatic N) is 1. The van der Waals surface area contributed by atoms with E-state index in [1.165, 1.54) is 11.3 Å². The minimum Gasteiger partial charge on any atom is -0.480 e. The van der Waals surface area contributed by atoms with Crippen LogP contribution in [0.25, 0.3) is 0 Å². The summed E-state index contributed by atoms with van der Waals surface area (Å²) in [5, 5.41) is 14.0. The number of likely N-dealkylation sites (tertiary alicyclic amines) is 1. The maximum Gasteiger partial charge on any atom is 0.324 e. The van der Waals surface area contributed by atoms with Crippen molar-refractivity contribution in [1.29, 1.82) is 0 Å². The lowest BCUT2D eigenvalue weighted by atomic mass is 9.72. The molecule has 2 aliphatic carbocycles. The molecule has 0 bridgehead atoms. The summed E-state index contributed by atoms with van der Waals surface area (Å²) in [6.45, 7) is 0. The van der Waals surface area contributed by atoms with Gasteiger partial charge in [0.15, 0.2) is 0 Å². The Morgan fingerprint density at radius 1 is 0.970 bits per heavy atom. The van der Waals surface area contributed by atoms with Crippen molar-refractivity contribution in [2.24, 2.45) is 17.8 Å². The fourth-order valence-corrected chi connectivity index (χ4v) is 7.26. The van der Waals surface area contributed by atoms with E-state index in [2.05, 4.69) is 21.2 Å². The third kappa shape index (κ3) is 3.95. The smallest absolute Gasteiger partial charge is 0.324 e. The highest BCUT2D eigenvalue weighted by molar-refractivity contribution is 9.10. The van der Waals surface area contributed by atoms with Crippen LogP contribution in [0, 0.1) is 17.8 Å². The largest absolute Gasteiger partial charge is 0.480 e. The highest BCUT2D eigenvalue weighted by Gasteiger charge is 2.69. The van der Waals surface area contributed by atoms with Gasteiger partial charge in [-0.1, -0.05) is 79.4 Å². The number of halogens is 1. The fourth-order valence-electron chi connectivity index (χ4n) is 7.00. The summed E-state index contributed by atoms with van der Waals surface area (Å²) in [5.74, 6) is -2.68. The van der Waals surface area contributed by atoms with E-state index < -0.39 is 29.4 Å². The number of imide groups is 1. The molecule has 4 aliphatic rings. The molecule has 178 valence electrons. The topological polar surface area (TPSA) is 86.7 Å². The third-order valence-electron chi connectivity index (χ3n) is 8.57.